The van der Waals surface area contributed by atoms with Crippen LogP contribution in [0.2, 0.25) is 0 Å². The van der Waals surface area contributed by atoms with Gasteiger partial charge in [-0.3, -0.25) is 0 Å². The van der Waals surface area contributed by atoms with Crippen molar-refractivity contribution in [1.82, 2.24) is 0 Å². The summed E-state index contributed by atoms with van der Waals surface area (Å²) in [4.78, 5) is 0. The van der Waals surface area contributed by atoms with Crippen molar-refractivity contribution in [3.05, 3.63) is 70.8 Å². The summed E-state index contributed by atoms with van der Waals surface area (Å²) >= 11 is 0. The van der Waals surface area contributed by atoms with E-state index in [1.54, 1.807) is 22.3 Å². The summed E-state index contributed by atoms with van der Waals surface area (Å²) in [6.45, 7) is 5.08. The Morgan fingerprint density at radius 1 is 0.826 bits per heavy atom. The van der Waals surface area contributed by atoms with Gasteiger partial charge in [-0.15, -0.1) is 0 Å². The molecule has 0 heteroatoms. The second-order valence-corrected chi connectivity index (χ2v) is 8.65. The van der Waals surface area contributed by atoms with Gasteiger partial charge in [0.2, 0.25) is 0 Å². The predicted octanol–water partition coefficient (Wildman–Crippen LogP) is 5.80. The zero-order valence-electron chi connectivity index (χ0n) is 14.3. The van der Waals surface area contributed by atoms with E-state index >= 15 is 0 Å². The van der Waals surface area contributed by atoms with Crippen LogP contribution in [0.5, 0.6) is 0 Å². The highest BCUT2D eigenvalue weighted by Crippen LogP contribution is 2.64. The van der Waals surface area contributed by atoms with Gasteiger partial charge in [0.15, 0.2) is 0 Å². The van der Waals surface area contributed by atoms with Gasteiger partial charge in [-0.05, 0) is 71.1 Å². The van der Waals surface area contributed by atoms with E-state index in [4.69, 9.17) is 0 Å². The maximum Gasteiger partial charge on any atom is 0.0126 e. The number of benzene rings is 2. The molecule has 2 aromatic carbocycles. The van der Waals surface area contributed by atoms with E-state index in [9.17, 15) is 0 Å². The molecule has 0 N–H and O–H groups in total. The minimum absolute atomic E-state index is 0.548. The third kappa shape index (κ3) is 1.84. The van der Waals surface area contributed by atoms with Crippen LogP contribution in [-0.2, 0) is 6.42 Å². The molecule has 5 rings (SSSR count). The Morgan fingerprint density at radius 2 is 1.43 bits per heavy atom. The van der Waals surface area contributed by atoms with Crippen molar-refractivity contribution in [2.75, 3.05) is 0 Å². The highest BCUT2D eigenvalue weighted by molar-refractivity contribution is 5.50. The Bertz CT molecular complexity index is 709. The molecule has 3 aliphatic carbocycles. The van der Waals surface area contributed by atoms with Gasteiger partial charge < -0.3 is 0 Å². The highest BCUT2D eigenvalue weighted by atomic mass is 14.6. The predicted molar refractivity (Wildman–Crippen MR) is 95.6 cm³/mol. The standard InChI is InChI=1S/C23H26/c1-23(2)17-11-12-21(23)20(14-17)22-18-9-5-3-7-15(18)13-16-8-4-6-10-19(16)22/h3-10,17,20-22H,11-14H2,1-2H3. The second-order valence-electron chi connectivity index (χ2n) is 8.65. The van der Waals surface area contributed by atoms with E-state index < -0.39 is 0 Å². The van der Waals surface area contributed by atoms with Gasteiger partial charge in [0.05, 0.1) is 0 Å². The van der Waals surface area contributed by atoms with Gasteiger partial charge in [0.25, 0.3) is 0 Å². The highest BCUT2D eigenvalue weighted by Gasteiger charge is 2.55. The fourth-order valence-electron chi connectivity index (χ4n) is 6.31. The van der Waals surface area contributed by atoms with Crippen LogP contribution in [-0.4, -0.2) is 0 Å². The Kier molecular flexibility index (Phi) is 2.84. The molecule has 118 valence electrons. The summed E-state index contributed by atoms with van der Waals surface area (Å²) in [5.74, 6) is 3.31. The summed E-state index contributed by atoms with van der Waals surface area (Å²) in [5.41, 5.74) is 6.93. The first-order valence-electron chi connectivity index (χ1n) is 9.32. The Labute approximate surface area is 139 Å². The van der Waals surface area contributed by atoms with Gasteiger partial charge in [-0.2, -0.15) is 0 Å². The molecule has 0 amide bonds. The van der Waals surface area contributed by atoms with Crippen molar-refractivity contribution in [3.8, 4) is 0 Å². The third-order valence-electron chi connectivity index (χ3n) is 7.50. The minimum atomic E-state index is 0.548. The first-order valence-corrected chi connectivity index (χ1v) is 9.32. The fraction of sp³-hybridized carbons (Fsp3) is 0.478. The van der Waals surface area contributed by atoms with E-state index in [1.807, 2.05) is 0 Å². The van der Waals surface area contributed by atoms with E-state index in [-0.39, 0.29) is 0 Å². The molecule has 0 radical (unpaired) electrons. The van der Waals surface area contributed by atoms with Gasteiger partial charge in [0.1, 0.15) is 0 Å². The molecule has 3 unspecified atom stereocenters. The average molecular weight is 302 g/mol. The molecular formula is C23H26. The zero-order chi connectivity index (χ0) is 15.6. The van der Waals surface area contributed by atoms with Crippen molar-refractivity contribution >= 4 is 0 Å². The van der Waals surface area contributed by atoms with Crippen molar-refractivity contribution < 1.29 is 0 Å². The summed E-state index contributed by atoms with van der Waals surface area (Å²) in [6, 6.07) is 18.5. The summed E-state index contributed by atoms with van der Waals surface area (Å²) in [5, 5.41) is 0. The lowest BCUT2D eigenvalue weighted by molar-refractivity contribution is 0.223. The normalized spacial score (nSPS) is 31.0. The average Bonchev–Trinajstić information content (AvgIpc) is 3.00. The molecule has 2 saturated carbocycles. The van der Waals surface area contributed by atoms with Crippen molar-refractivity contribution in [2.45, 2.75) is 45.4 Å². The largest absolute Gasteiger partial charge is 0.0620 e. The van der Waals surface area contributed by atoms with Crippen LogP contribution in [0.25, 0.3) is 0 Å². The maximum absolute atomic E-state index is 2.54. The molecule has 2 aromatic rings. The molecule has 0 nitrogen and oxygen atoms in total. The zero-order valence-corrected chi connectivity index (χ0v) is 14.3. The van der Waals surface area contributed by atoms with Crippen LogP contribution in [0.4, 0.5) is 0 Å². The smallest absolute Gasteiger partial charge is 0.0126 e. The third-order valence-corrected chi connectivity index (χ3v) is 7.50. The van der Waals surface area contributed by atoms with Crippen LogP contribution in [0, 0.1) is 23.2 Å². The van der Waals surface area contributed by atoms with Gasteiger partial charge in [0, 0.05) is 5.92 Å². The lowest BCUT2D eigenvalue weighted by Crippen LogP contribution is -2.27. The second kappa shape index (κ2) is 4.72. The van der Waals surface area contributed by atoms with E-state index in [1.165, 1.54) is 19.3 Å². The van der Waals surface area contributed by atoms with Crippen molar-refractivity contribution in [2.24, 2.45) is 23.2 Å². The molecular weight excluding hydrogens is 276 g/mol. The van der Waals surface area contributed by atoms with Gasteiger partial charge in [-0.25, -0.2) is 0 Å². The van der Waals surface area contributed by atoms with E-state index in [0.29, 0.717) is 11.3 Å². The van der Waals surface area contributed by atoms with E-state index in [2.05, 4.69) is 62.4 Å². The minimum Gasteiger partial charge on any atom is -0.0620 e. The maximum atomic E-state index is 2.54. The van der Waals surface area contributed by atoms with E-state index in [0.717, 1.165) is 24.2 Å². The number of hydrogen-bond acceptors (Lipinski definition) is 0. The summed E-state index contributed by atoms with van der Waals surface area (Å²) in [6.07, 6.45) is 5.46. The molecule has 0 aliphatic heterocycles. The molecule has 3 aliphatic rings. The topological polar surface area (TPSA) is 0 Å². The lowest BCUT2D eigenvalue weighted by Gasteiger charge is -2.37. The molecule has 23 heavy (non-hydrogen) atoms. The van der Waals surface area contributed by atoms with Gasteiger partial charge in [-0.1, -0.05) is 62.4 Å². The fourth-order valence-corrected chi connectivity index (χ4v) is 6.31. The molecule has 2 fully saturated rings. The molecule has 0 heterocycles. The molecule has 2 bridgehead atoms. The number of rotatable bonds is 1. The summed E-state index contributed by atoms with van der Waals surface area (Å²) < 4.78 is 0. The summed E-state index contributed by atoms with van der Waals surface area (Å²) in [7, 11) is 0. The monoisotopic (exact) mass is 302 g/mol. The number of hydrogen-bond donors (Lipinski definition) is 0. The Morgan fingerprint density at radius 3 is 1.96 bits per heavy atom. The quantitative estimate of drug-likeness (QED) is 0.625. The van der Waals surface area contributed by atoms with Crippen LogP contribution in [0.1, 0.15) is 61.3 Å². The van der Waals surface area contributed by atoms with Crippen molar-refractivity contribution in [1.29, 1.82) is 0 Å². The first kappa shape index (κ1) is 13.8. The molecule has 0 aromatic heterocycles. The van der Waals surface area contributed by atoms with Crippen molar-refractivity contribution in [3.63, 3.8) is 0 Å². The Hall–Kier alpha value is -1.56. The Balaban J connectivity index is 1.66. The molecule has 0 saturated heterocycles. The number of fused-ring (bicyclic) bond motifs is 4. The first-order chi connectivity index (χ1) is 11.2. The van der Waals surface area contributed by atoms with Crippen LogP contribution < -0.4 is 0 Å². The van der Waals surface area contributed by atoms with Crippen LogP contribution in [0.15, 0.2) is 48.5 Å². The van der Waals surface area contributed by atoms with Crippen LogP contribution in [0.3, 0.4) is 0 Å². The van der Waals surface area contributed by atoms with Crippen LogP contribution >= 0.6 is 0 Å². The molecule has 0 spiro atoms. The molecule has 3 atom stereocenters. The SMILES string of the molecule is CC1(C)C2CCC1C(C1c3ccccc3Cc3ccccc31)C2. The lowest BCUT2D eigenvalue weighted by atomic mass is 9.66. The van der Waals surface area contributed by atoms with Gasteiger partial charge >= 0.3 is 0 Å².